The van der Waals surface area contributed by atoms with Gasteiger partial charge in [0.1, 0.15) is 0 Å². The number of rotatable bonds is 6. The lowest BCUT2D eigenvalue weighted by molar-refractivity contribution is -0.118. The number of carbonyl (C=O) groups is 1. The van der Waals surface area contributed by atoms with Crippen LogP contribution < -0.4 is 5.43 Å². The molecular weight excluding hydrogens is 384 g/mol. The molecular formula is C19H21BrN2OS. The van der Waals surface area contributed by atoms with Gasteiger partial charge in [-0.3, -0.25) is 4.79 Å². The van der Waals surface area contributed by atoms with Crippen LogP contribution in [-0.2, 0) is 10.5 Å². The summed E-state index contributed by atoms with van der Waals surface area (Å²) in [6.45, 7) is 6.26. The summed E-state index contributed by atoms with van der Waals surface area (Å²) in [6, 6.07) is 12.1. The molecule has 0 spiro atoms. The average Bonchev–Trinajstić information content (AvgIpc) is 2.56. The molecule has 1 N–H and O–H groups in total. The van der Waals surface area contributed by atoms with Gasteiger partial charge >= 0.3 is 0 Å². The highest BCUT2D eigenvalue weighted by Gasteiger charge is 2.04. The van der Waals surface area contributed by atoms with Crippen molar-refractivity contribution in [2.75, 3.05) is 5.75 Å². The molecule has 2 aromatic rings. The molecule has 0 saturated heterocycles. The highest BCUT2D eigenvalue weighted by molar-refractivity contribution is 9.10. The number of hydrazone groups is 1. The number of nitrogens with one attached hydrogen (secondary N) is 1. The molecule has 3 nitrogen and oxygen atoms in total. The van der Waals surface area contributed by atoms with E-state index in [4.69, 9.17) is 0 Å². The molecule has 5 heteroatoms. The topological polar surface area (TPSA) is 41.5 Å². The fraction of sp³-hybridized carbons (Fsp3) is 0.263. The third-order valence-corrected chi connectivity index (χ3v) is 5.70. The fourth-order valence-corrected chi connectivity index (χ4v) is 3.63. The molecule has 24 heavy (non-hydrogen) atoms. The van der Waals surface area contributed by atoms with Crippen molar-refractivity contribution >= 4 is 39.8 Å². The van der Waals surface area contributed by atoms with Gasteiger partial charge in [-0.2, -0.15) is 5.10 Å². The standard InChI is InChI=1S/C19H21BrN2OS/c1-13-8-9-16(15(3)14(13)2)10-21-22-19(23)12-24-11-17-6-4-5-7-18(17)20/h4-10H,11-12H2,1-3H3,(H,22,23)/b21-10-. The van der Waals surface area contributed by atoms with Crippen molar-refractivity contribution in [1.82, 2.24) is 5.43 Å². The molecule has 0 heterocycles. The Hall–Kier alpha value is -1.59. The molecule has 1 amide bonds. The van der Waals surface area contributed by atoms with E-state index < -0.39 is 0 Å². The Morgan fingerprint density at radius 2 is 1.92 bits per heavy atom. The number of halogens is 1. The van der Waals surface area contributed by atoms with Crippen LogP contribution in [0.3, 0.4) is 0 Å². The number of carbonyl (C=O) groups excluding carboxylic acids is 1. The van der Waals surface area contributed by atoms with E-state index in [2.05, 4.69) is 59.4 Å². The van der Waals surface area contributed by atoms with Gasteiger partial charge in [-0.05, 0) is 54.7 Å². The van der Waals surface area contributed by atoms with Crippen molar-refractivity contribution in [3.05, 3.63) is 68.7 Å². The first-order chi connectivity index (χ1) is 11.5. The zero-order chi connectivity index (χ0) is 17.5. The van der Waals surface area contributed by atoms with E-state index in [9.17, 15) is 4.79 Å². The molecule has 0 saturated carbocycles. The Labute approximate surface area is 156 Å². The summed E-state index contributed by atoms with van der Waals surface area (Å²) in [5.74, 6) is 1.07. The normalized spacial score (nSPS) is 11.0. The third-order valence-electron chi connectivity index (χ3n) is 3.94. The van der Waals surface area contributed by atoms with Gasteiger partial charge in [0.15, 0.2) is 0 Å². The zero-order valence-corrected chi connectivity index (χ0v) is 16.5. The van der Waals surface area contributed by atoms with Crippen LogP contribution in [0, 0.1) is 20.8 Å². The first kappa shape index (κ1) is 18.7. The summed E-state index contributed by atoms with van der Waals surface area (Å²) in [4.78, 5) is 11.9. The quantitative estimate of drug-likeness (QED) is 0.556. The van der Waals surface area contributed by atoms with Crippen LogP contribution in [-0.4, -0.2) is 17.9 Å². The lowest BCUT2D eigenvalue weighted by atomic mass is 10.00. The van der Waals surface area contributed by atoms with E-state index in [0.29, 0.717) is 5.75 Å². The van der Waals surface area contributed by atoms with Gasteiger partial charge in [0.25, 0.3) is 0 Å². The number of nitrogens with zero attached hydrogens (tertiary/aromatic N) is 1. The second-order valence-corrected chi connectivity index (χ2v) is 7.44. The molecule has 0 aliphatic rings. The van der Waals surface area contributed by atoms with Crippen molar-refractivity contribution in [3.8, 4) is 0 Å². The van der Waals surface area contributed by atoms with Gasteiger partial charge in [0, 0.05) is 10.2 Å². The van der Waals surface area contributed by atoms with Crippen molar-refractivity contribution in [1.29, 1.82) is 0 Å². The van der Waals surface area contributed by atoms with Crippen molar-refractivity contribution < 1.29 is 4.79 Å². The summed E-state index contributed by atoms with van der Waals surface area (Å²) in [5, 5.41) is 4.07. The van der Waals surface area contributed by atoms with Gasteiger partial charge < -0.3 is 0 Å². The Morgan fingerprint density at radius 3 is 2.67 bits per heavy atom. The minimum absolute atomic E-state index is 0.0928. The smallest absolute Gasteiger partial charge is 0.250 e. The zero-order valence-electron chi connectivity index (χ0n) is 14.1. The highest BCUT2D eigenvalue weighted by Crippen LogP contribution is 2.21. The van der Waals surface area contributed by atoms with E-state index in [-0.39, 0.29) is 5.91 Å². The predicted molar refractivity (Wildman–Crippen MR) is 107 cm³/mol. The minimum Gasteiger partial charge on any atom is -0.272 e. The monoisotopic (exact) mass is 404 g/mol. The molecule has 0 unspecified atom stereocenters. The summed E-state index contributed by atoms with van der Waals surface area (Å²) in [5.41, 5.74) is 8.51. The van der Waals surface area contributed by atoms with Crippen molar-refractivity contribution in [3.63, 3.8) is 0 Å². The largest absolute Gasteiger partial charge is 0.272 e. The maximum Gasteiger partial charge on any atom is 0.250 e. The first-order valence-electron chi connectivity index (χ1n) is 7.69. The SMILES string of the molecule is Cc1ccc(/C=N\NC(=O)CSCc2ccccc2Br)c(C)c1C. The third kappa shape index (κ3) is 5.21. The van der Waals surface area contributed by atoms with Gasteiger partial charge in [0.2, 0.25) is 5.91 Å². The van der Waals surface area contributed by atoms with E-state index >= 15 is 0 Å². The number of amides is 1. The van der Waals surface area contributed by atoms with Gasteiger partial charge in [-0.25, -0.2) is 5.43 Å². The summed E-state index contributed by atoms with van der Waals surface area (Å²) >= 11 is 5.08. The molecule has 0 fully saturated rings. The Bertz CT molecular complexity index is 759. The number of hydrogen-bond donors (Lipinski definition) is 1. The lowest BCUT2D eigenvalue weighted by Gasteiger charge is -2.07. The molecule has 0 aliphatic carbocycles. The predicted octanol–water partition coefficient (Wildman–Crippen LogP) is 4.76. The molecule has 0 bridgehead atoms. The van der Waals surface area contributed by atoms with Crippen molar-refractivity contribution in [2.45, 2.75) is 26.5 Å². The molecule has 126 valence electrons. The van der Waals surface area contributed by atoms with E-state index in [1.807, 2.05) is 24.3 Å². The number of benzene rings is 2. The minimum atomic E-state index is -0.0928. The van der Waals surface area contributed by atoms with Crippen LogP contribution in [0.4, 0.5) is 0 Å². The van der Waals surface area contributed by atoms with Crippen LogP contribution in [0.25, 0.3) is 0 Å². The average molecular weight is 405 g/mol. The van der Waals surface area contributed by atoms with Crippen LogP contribution in [0.2, 0.25) is 0 Å². The van der Waals surface area contributed by atoms with Gasteiger partial charge in [-0.15, -0.1) is 11.8 Å². The second-order valence-electron chi connectivity index (χ2n) is 5.60. The summed E-state index contributed by atoms with van der Waals surface area (Å²) in [6.07, 6.45) is 1.71. The lowest BCUT2D eigenvalue weighted by Crippen LogP contribution is -2.19. The van der Waals surface area contributed by atoms with Gasteiger partial charge in [0.05, 0.1) is 12.0 Å². The maximum absolute atomic E-state index is 11.9. The molecule has 0 aliphatic heterocycles. The number of hydrogen-bond acceptors (Lipinski definition) is 3. The number of thioether (sulfide) groups is 1. The fourth-order valence-electron chi connectivity index (χ4n) is 2.19. The second kappa shape index (κ2) is 9.04. The summed E-state index contributed by atoms with van der Waals surface area (Å²) < 4.78 is 1.07. The number of aryl methyl sites for hydroxylation is 1. The van der Waals surface area contributed by atoms with Crippen molar-refractivity contribution in [2.24, 2.45) is 5.10 Å². The summed E-state index contributed by atoms with van der Waals surface area (Å²) in [7, 11) is 0. The van der Waals surface area contributed by atoms with E-state index in [1.54, 1.807) is 18.0 Å². The Morgan fingerprint density at radius 1 is 1.17 bits per heavy atom. The first-order valence-corrected chi connectivity index (χ1v) is 9.63. The Balaban J connectivity index is 1.81. The molecule has 0 atom stereocenters. The van der Waals surface area contributed by atoms with Crippen LogP contribution in [0.15, 0.2) is 46.0 Å². The van der Waals surface area contributed by atoms with Crippen LogP contribution in [0.5, 0.6) is 0 Å². The molecule has 0 radical (unpaired) electrons. The highest BCUT2D eigenvalue weighted by atomic mass is 79.9. The van der Waals surface area contributed by atoms with Crippen LogP contribution in [0.1, 0.15) is 27.8 Å². The Kier molecular flexibility index (Phi) is 7.06. The van der Waals surface area contributed by atoms with E-state index in [1.165, 1.54) is 22.3 Å². The molecule has 2 aromatic carbocycles. The van der Waals surface area contributed by atoms with E-state index in [0.717, 1.165) is 15.8 Å². The van der Waals surface area contributed by atoms with Gasteiger partial charge in [-0.1, -0.05) is 46.3 Å². The molecule has 2 rings (SSSR count). The molecule has 0 aromatic heterocycles. The van der Waals surface area contributed by atoms with Crippen LogP contribution >= 0.6 is 27.7 Å². The maximum atomic E-state index is 11.9.